The van der Waals surface area contributed by atoms with Crippen molar-refractivity contribution in [3.63, 3.8) is 0 Å². The third-order valence-corrected chi connectivity index (χ3v) is 3.47. The van der Waals surface area contributed by atoms with Crippen molar-refractivity contribution >= 4 is 5.91 Å². The molecule has 1 fully saturated rings. The summed E-state index contributed by atoms with van der Waals surface area (Å²) < 4.78 is 21.4. The largest absolute Gasteiger partial charge is 0.492 e. The summed E-state index contributed by atoms with van der Waals surface area (Å²) in [5.41, 5.74) is 0. The van der Waals surface area contributed by atoms with Gasteiger partial charge in [0.05, 0.1) is 19.8 Å². The summed E-state index contributed by atoms with van der Waals surface area (Å²) in [5, 5.41) is 6.08. The highest BCUT2D eigenvalue weighted by molar-refractivity contribution is 5.76. The average Bonchev–Trinajstić information content (AvgIpc) is 3.00. The van der Waals surface area contributed by atoms with E-state index in [1.54, 1.807) is 6.07 Å². The molecule has 2 aliphatic rings. The number of hydrogen-bond acceptors (Lipinski definition) is 6. The summed E-state index contributed by atoms with van der Waals surface area (Å²) >= 11 is 0. The van der Waals surface area contributed by atoms with Gasteiger partial charge in [0.1, 0.15) is 12.4 Å². The maximum Gasteiger partial charge on any atom is 0.231 e. The highest BCUT2D eigenvalue weighted by Gasteiger charge is 2.16. The van der Waals surface area contributed by atoms with Crippen molar-refractivity contribution in [2.24, 2.45) is 0 Å². The second-order valence-corrected chi connectivity index (χ2v) is 5.14. The van der Waals surface area contributed by atoms with Gasteiger partial charge in [-0.05, 0) is 12.1 Å². The number of carbonyl (C=O) groups is 1. The number of carbonyl (C=O) groups excluding carboxylic acids is 1. The average molecular weight is 308 g/mol. The van der Waals surface area contributed by atoms with E-state index >= 15 is 0 Å². The fraction of sp³-hybridized carbons (Fsp3) is 0.533. The van der Waals surface area contributed by atoms with Crippen molar-refractivity contribution in [2.45, 2.75) is 12.5 Å². The first-order chi connectivity index (χ1) is 10.8. The van der Waals surface area contributed by atoms with Crippen LogP contribution in [-0.4, -0.2) is 51.7 Å². The van der Waals surface area contributed by atoms with Crippen LogP contribution in [0.1, 0.15) is 6.42 Å². The topological polar surface area (TPSA) is 78.1 Å². The van der Waals surface area contributed by atoms with Crippen LogP contribution in [0.25, 0.3) is 0 Å². The van der Waals surface area contributed by atoms with Gasteiger partial charge < -0.3 is 29.6 Å². The monoisotopic (exact) mass is 308 g/mol. The molecule has 1 atom stereocenters. The molecule has 1 aromatic carbocycles. The molecule has 0 bridgehead atoms. The second-order valence-electron chi connectivity index (χ2n) is 5.14. The number of fused-ring (bicyclic) bond motifs is 1. The van der Waals surface area contributed by atoms with Gasteiger partial charge in [-0.15, -0.1) is 0 Å². The zero-order valence-electron chi connectivity index (χ0n) is 12.3. The molecule has 7 nitrogen and oxygen atoms in total. The van der Waals surface area contributed by atoms with Gasteiger partial charge in [0.25, 0.3) is 0 Å². The predicted molar refractivity (Wildman–Crippen MR) is 78.3 cm³/mol. The molecule has 2 aliphatic heterocycles. The minimum absolute atomic E-state index is 0.00251. The summed E-state index contributed by atoms with van der Waals surface area (Å²) in [6, 6.07) is 5.51. The Kier molecular flexibility index (Phi) is 4.97. The van der Waals surface area contributed by atoms with Crippen molar-refractivity contribution in [3.8, 4) is 17.2 Å². The van der Waals surface area contributed by atoms with E-state index in [-0.39, 0.29) is 18.7 Å². The van der Waals surface area contributed by atoms with Crippen molar-refractivity contribution < 1.29 is 23.7 Å². The Morgan fingerprint density at radius 3 is 3.14 bits per heavy atom. The van der Waals surface area contributed by atoms with E-state index in [4.69, 9.17) is 18.9 Å². The number of nitrogens with one attached hydrogen (secondary N) is 2. The summed E-state index contributed by atoms with van der Waals surface area (Å²) in [5.74, 6) is 2.10. The minimum Gasteiger partial charge on any atom is -0.492 e. The summed E-state index contributed by atoms with van der Waals surface area (Å²) in [7, 11) is 0. The maximum absolute atomic E-state index is 11.8. The van der Waals surface area contributed by atoms with Crippen LogP contribution in [0.3, 0.4) is 0 Å². The zero-order chi connectivity index (χ0) is 15.2. The first-order valence-electron chi connectivity index (χ1n) is 7.41. The van der Waals surface area contributed by atoms with Crippen LogP contribution in [0.15, 0.2) is 18.2 Å². The molecule has 0 aromatic heterocycles. The molecule has 22 heavy (non-hydrogen) atoms. The third kappa shape index (κ3) is 4.02. The van der Waals surface area contributed by atoms with E-state index in [9.17, 15) is 4.79 Å². The first kappa shape index (κ1) is 14.9. The molecule has 1 saturated heterocycles. The summed E-state index contributed by atoms with van der Waals surface area (Å²) in [6.45, 7) is 3.20. The van der Waals surface area contributed by atoms with Gasteiger partial charge in [-0.3, -0.25) is 4.79 Å². The Labute approximate surface area is 128 Å². The van der Waals surface area contributed by atoms with Crippen LogP contribution < -0.4 is 24.8 Å². The van der Waals surface area contributed by atoms with Gasteiger partial charge in [0.2, 0.25) is 12.7 Å². The van der Waals surface area contributed by atoms with E-state index in [1.807, 2.05) is 12.1 Å². The lowest BCUT2D eigenvalue weighted by atomic mass is 10.2. The molecule has 1 unspecified atom stereocenters. The lowest BCUT2D eigenvalue weighted by Gasteiger charge is -2.23. The van der Waals surface area contributed by atoms with Crippen molar-refractivity contribution in [1.82, 2.24) is 10.6 Å². The van der Waals surface area contributed by atoms with Crippen LogP contribution in [0, 0.1) is 0 Å². The standard InChI is InChI=1S/C15H20N2O5/c18-15(7-11-9-19-5-3-16-11)17-4-6-20-12-1-2-13-14(8-12)22-10-21-13/h1-2,8,11,16H,3-7,9-10H2,(H,17,18). The minimum atomic E-state index is -0.00251. The van der Waals surface area contributed by atoms with E-state index < -0.39 is 0 Å². The number of morpholine rings is 1. The maximum atomic E-state index is 11.8. The molecule has 0 aliphatic carbocycles. The molecule has 1 aromatic rings. The normalized spacial score (nSPS) is 19.7. The lowest BCUT2D eigenvalue weighted by Crippen LogP contribution is -2.44. The molecule has 0 radical (unpaired) electrons. The van der Waals surface area contributed by atoms with E-state index in [0.29, 0.717) is 44.3 Å². The fourth-order valence-electron chi connectivity index (χ4n) is 2.37. The van der Waals surface area contributed by atoms with Crippen LogP contribution in [-0.2, 0) is 9.53 Å². The van der Waals surface area contributed by atoms with Gasteiger partial charge in [-0.25, -0.2) is 0 Å². The Morgan fingerprint density at radius 1 is 1.36 bits per heavy atom. The fourth-order valence-corrected chi connectivity index (χ4v) is 2.37. The molecule has 120 valence electrons. The number of amides is 1. The Balaban J connectivity index is 1.34. The van der Waals surface area contributed by atoms with Crippen molar-refractivity contribution in [1.29, 1.82) is 0 Å². The molecule has 7 heteroatoms. The molecule has 2 heterocycles. The third-order valence-electron chi connectivity index (χ3n) is 3.47. The van der Waals surface area contributed by atoms with Crippen LogP contribution in [0.5, 0.6) is 17.2 Å². The van der Waals surface area contributed by atoms with E-state index in [2.05, 4.69) is 10.6 Å². The highest BCUT2D eigenvalue weighted by atomic mass is 16.7. The predicted octanol–water partition coefficient (Wildman–Crippen LogP) is 0.289. The summed E-state index contributed by atoms with van der Waals surface area (Å²) in [4.78, 5) is 11.8. The molecular weight excluding hydrogens is 288 g/mol. The molecule has 2 N–H and O–H groups in total. The molecular formula is C15H20N2O5. The SMILES string of the molecule is O=C(CC1COCCN1)NCCOc1ccc2c(c1)OCO2. The Hall–Kier alpha value is -1.99. The number of hydrogen-bond donors (Lipinski definition) is 2. The zero-order valence-corrected chi connectivity index (χ0v) is 12.3. The number of benzene rings is 1. The number of ether oxygens (including phenoxy) is 4. The molecule has 3 rings (SSSR count). The van der Waals surface area contributed by atoms with Crippen LogP contribution >= 0.6 is 0 Å². The van der Waals surface area contributed by atoms with E-state index in [0.717, 1.165) is 12.3 Å². The van der Waals surface area contributed by atoms with Crippen molar-refractivity contribution in [3.05, 3.63) is 18.2 Å². The van der Waals surface area contributed by atoms with Crippen LogP contribution in [0.4, 0.5) is 0 Å². The van der Waals surface area contributed by atoms with Crippen molar-refractivity contribution in [2.75, 3.05) is 39.7 Å². The van der Waals surface area contributed by atoms with Crippen LogP contribution in [0.2, 0.25) is 0 Å². The molecule has 1 amide bonds. The quantitative estimate of drug-likeness (QED) is 0.736. The Bertz CT molecular complexity index is 517. The highest BCUT2D eigenvalue weighted by Crippen LogP contribution is 2.34. The second kappa shape index (κ2) is 7.33. The molecule has 0 saturated carbocycles. The summed E-state index contributed by atoms with van der Waals surface area (Å²) in [6.07, 6.45) is 0.421. The molecule has 0 spiro atoms. The smallest absolute Gasteiger partial charge is 0.231 e. The van der Waals surface area contributed by atoms with Gasteiger partial charge in [0, 0.05) is 25.1 Å². The number of rotatable bonds is 6. The Morgan fingerprint density at radius 2 is 2.27 bits per heavy atom. The lowest BCUT2D eigenvalue weighted by molar-refractivity contribution is -0.122. The van der Waals surface area contributed by atoms with Gasteiger partial charge >= 0.3 is 0 Å². The van der Waals surface area contributed by atoms with E-state index in [1.165, 1.54) is 0 Å². The van der Waals surface area contributed by atoms with Gasteiger partial charge in [0.15, 0.2) is 11.5 Å². The van der Waals surface area contributed by atoms with Gasteiger partial charge in [-0.1, -0.05) is 0 Å². The van der Waals surface area contributed by atoms with Gasteiger partial charge in [-0.2, -0.15) is 0 Å². The first-order valence-corrected chi connectivity index (χ1v) is 7.41.